The minimum absolute atomic E-state index is 0.0342. The van der Waals surface area contributed by atoms with Gasteiger partial charge in [-0.1, -0.05) is 0 Å². The quantitative estimate of drug-likeness (QED) is 0.773. The molecule has 1 heterocycles. The van der Waals surface area contributed by atoms with Gasteiger partial charge in [0.05, 0.1) is 0 Å². The number of benzene rings is 1. The molecule has 0 amide bonds. The maximum Gasteiger partial charge on any atom is 0.341 e. The lowest BCUT2D eigenvalue weighted by Crippen LogP contribution is -1.99. The van der Waals surface area contributed by atoms with E-state index < -0.39 is 17.5 Å². The molecule has 0 aliphatic carbocycles. The Morgan fingerprint density at radius 2 is 2.12 bits per heavy atom. The first kappa shape index (κ1) is 10.4. The molecule has 0 saturated carbocycles. The van der Waals surface area contributed by atoms with Crippen molar-refractivity contribution in [2.24, 2.45) is 0 Å². The summed E-state index contributed by atoms with van der Waals surface area (Å²) in [5, 5.41) is 18.6. The molecule has 0 saturated heterocycles. The van der Waals surface area contributed by atoms with Crippen LogP contribution in [0.15, 0.2) is 18.3 Å². The number of carboxylic acids is 1. The van der Waals surface area contributed by atoms with Gasteiger partial charge in [0, 0.05) is 11.6 Å². The molecule has 5 heteroatoms. The first-order valence-electron chi connectivity index (χ1n) is 4.52. The van der Waals surface area contributed by atoms with Crippen LogP contribution in [0, 0.1) is 12.7 Å². The highest BCUT2D eigenvalue weighted by atomic mass is 19.1. The molecule has 0 aliphatic rings. The molecule has 0 fully saturated rings. The molecule has 2 N–H and O–H groups in total. The van der Waals surface area contributed by atoms with Crippen LogP contribution in [0.4, 0.5) is 4.39 Å². The van der Waals surface area contributed by atoms with Crippen molar-refractivity contribution in [1.29, 1.82) is 0 Å². The molecule has 1 aromatic carbocycles. The van der Waals surface area contributed by atoms with E-state index in [-0.39, 0.29) is 16.5 Å². The van der Waals surface area contributed by atoms with Crippen molar-refractivity contribution in [3.05, 3.63) is 35.3 Å². The molecule has 0 atom stereocenters. The standard InChI is InChI=1S/C11H8FNO3/c1-5-2-6-9(8(12)3-5)13-4-7(10(6)14)11(15)16/h2-4H,1H3,(H,13,14)(H,15,16). The average molecular weight is 221 g/mol. The van der Waals surface area contributed by atoms with Crippen LogP contribution in [-0.2, 0) is 0 Å². The van der Waals surface area contributed by atoms with Gasteiger partial charge in [0.1, 0.15) is 22.6 Å². The Bertz CT molecular complexity index is 595. The van der Waals surface area contributed by atoms with Crippen molar-refractivity contribution >= 4 is 16.9 Å². The number of aryl methyl sites for hydroxylation is 1. The summed E-state index contributed by atoms with van der Waals surface area (Å²) in [6, 6.07) is 2.77. The molecule has 0 radical (unpaired) electrons. The second kappa shape index (κ2) is 3.44. The molecular formula is C11H8FNO3. The van der Waals surface area contributed by atoms with Crippen molar-refractivity contribution < 1.29 is 19.4 Å². The fraction of sp³-hybridized carbons (Fsp3) is 0.0909. The minimum Gasteiger partial charge on any atom is -0.506 e. The average Bonchev–Trinajstić information content (AvgIpc) is 2.19. The van der Waals surface area contributed by atoms with Crippen LogP contribution in [0.1, 0.15) is 15.9 Å². The highest BCUT2D eigenvalue weighted by Crippen LogP contribution is 2.29. The Morgan fingerprint density at radius 1 is 1.44 bits per heavy atom. The fourth-order valence-corrected chi connectivity index (χ4v) is 1.54. The molecule has 0 bridgehead atoms. The van der Waals surface area contributed by atoms with Gasteiger partial charge in [0.15, 0.2) is 0 Å². The SMILES string of the molecule is Cc1cc(F)c2ncc(C(=O)O)c(O)c2c1. The number of hydrogen-bond donors (Lipinski definition) is 2. The molecule has 2 aromatic rings. The molecule has 2 rings (SSSR count). The normalized spacial score (nSPS) is 10.6. The van der Waals surface area contributed by atoms with Gasteiger partial charge in [-0.3, -0.25) is 4.98 Å². The zero-order valence-electron chi connectivity index (χ0n) is 8.36. The van der Waals surface area contributed by atoms with E-state index in [0.29, 0.717) is 5.56 Å². The Hall–Kier alpha value is -2.17. The number of hydrogen-bond acceptors (Lipinski definition) is 3. The van der Waals surface area contributed by atoms with E-state index in [1.165, 1.54) is 12.1 Å². The molecule has 16 heavy (non-hydrogen) atoms. The van der Waals surface area contributed by atoms with Crippen LogP contribution in [0.25, 0.3) is 10.9 Å². The number of rotatable bonds is 1. The maximum atomic E-state index is 13.4. The van der Waals surface area contributed by atoms with Gasteiger partial charge >= 0.3 is 5.97 Å². The van der Waals surface area contributed by atoms with Crippen molar-refractivity contribution in [1.82, 2.24) is 4.98 Å². The zero-order chi connectivity index (χ0) is 11.9. The van der Waals surface area contributed by atoms with Crippen LogP contribution in [-0.4, -0.2) is 21.2 Å². The van der Waals surface area contributed by atoms with Crippen molar-refractivity contribution in [3.8, 4) is 5.75 Å². The van der Waals surface area contributed by atoms with Gasteiger partial charge in [0.25, 0.3) is 0 Å². The summed E-state index contributed by atoms with van der Waals surface area (Å²) >= 11 is 0. The summed E-state index contributed by atoms with van der Waals surface area (Å²) < 4.78 is 13.4. The largest absolute Gasteiger partial charge is 0.506 e. The van der Waals surface area contributed by atoms with Crippen LogP contribution >= 0.6 is 0 Å². The van der Waals surface area contributed by atoms with E-state index in [1.807, 2.05) is 0 Å². The number of nitrogens with zero attached hydrogens (tertiary/aromatic N) is 1. The molecule has 82 valence electrons. The van der Waals surface area contributed by atoms with E-state index in [0.717, 1.165) is 6.20 Å². The van der Waals surface area contributed by atoms with Gasteiger partial charge < -0.3 is 10.2 Å². The van der Waals surface area contributed by atoms with E-state index in [1.54, 1.807) is 6.92 Å². The summed E-state index contributed by atoms with van der Waals surface area (Å²) in [7, 11) is 0. The fourth-order valence-electron chi connectivity index (χ4n) is 1.54. The van der Waals surface area contributed by atoms with Crippen molar-refractivity contribution in [2.75, 3.05) is 0 Å². The van der Waals surface area contributed by atoms with E-state index >= 15 is 0 Å². The Balaban J connectivity index is 2.89. The number of pyridine rings is 1. The maximum absolute atomic E-state index is 13.4. The van der Waals surface area contributed by atoms with E-state index in [4.69, 9.17) is 5.11 Å². The summed E-state index contributed by atoms with van der Waals surface area (Å²) in [5.41, 5.74) is 0.218. The third-order valence-electron chi connectivity index (χ3n) is 2.27. The molecule has 1 aromatic heterocycles. The number of fused-ring (bicyclic) bond motifs is 1. The Morgan fingerprint density at radius 3 is 2.75 bits per heavy atom. The van der Waals surface area contributed by atoms with E-state index in [2.05, 4.69) is 4.98 Å². The topological polar surface area (TPSA) is 70.4 Å². The number of carbonyl (C=O) groups is 1. The van der Waals surface area contributed by atoms with Gasteiger partial charge in [-0.15, -0.1) is 0 Å². The Labute approximate surface area is 90.0 Å². The van der Waals surface area contributed by atoms with Gasteiger partial charge in [0.2, 0.25) is 0 Å². The summed E-state index contributed by atoms with van der Waals surface area (Å²) in [6.45, 7) is 1.65. The lowest BCUT2D eigenvalue weighted by molar-refractivity contribution is 0.0693. The third-order valence-corrected chi connectivity index (χ3v) is 2.27. The predicted octanol–water partition coefficient (Wildman–Crippen LogP) is 2.09. The second-order valence-corrected chi connectivity index (χ2v) is 3.47. The number of carboxylic acid groups (broad SMARTS) is 1. The monoisotopic (exact) mass is 221 g/mol. The van der Waals surface area contributed by atoms with Gasteiger partial charge in [-0.25, -0.2) is 9.18 Å². The van der Waals surface area contributed by atoms with E-state index in [9.17, 15) is 14.3 Å². The zero-order valence-corrected chi connectivity index (χ0v) is 8.36. The second-order valence-electron chi connectivity index (χ2n) is 3.47. The predicted molar refractivity (Wildman–Crippen MR) is 55.1 cm³/mol. The highest BCUT2D eigenvalue weighted by molar-refractivity contribution is 5.98. The molecular weight excluding hydrogens is 213 g/mol. The smallest absolute Gasteiger partial charge is 0.341 e. The first-order chi connectivity index (χ1) is 7.50. The molecule has 4 nitrogen and oxygen atoms in total. The number of aromatic nitrogens is 1. The van der Waals surface area contributed by atoms with Crippen LogP contribution in [0.3, 0.4) is 0 Å². The minimum atomic E-state index is -1.30. The third kappa shape index (κ3) is 1.46. The molecule has 0 aliphatic heterocycles. The van der Waals surface area contributed by atoms with Gasteiger partial charge in [-0.05, 0) is 24.6 Å². The summed E-state index contributed by atoms with van der Waals surface area (Å²) in [5.74, 6) is -2.34. The highest BCUT2D eigenvalue weighted by Gasteiger charge is 2.15. The summed E-state index contributed by atoms with van der Waals surface area (Å²) in [6.07, 6.45) is 0.943. The Kier molecular flexibility index (Phi) is 2.23. The van der Waals surface area contributed by atoms with Gasteiger partial charge in [-0.2, -0.15) is 0 Å². The number of aromatic hydroxyl groups is 1. The summed E-state index contributed by atoms with van der Waals surface area (Å²) in [4.78, 5) is 14.4. The van der Waals surface area contributed by atoms with Crippen molar-refractivity contribution in [2.45, 2.75) is 6.92 Å². The number of halogens is 1. The molecule has 0 unspecified atom stereocenters. The first-order valence-corrected chi connectivity index (χ1v) is 4.52. The number of aromatic carboxylic acids is 1. The van der Waals surface area contributed by atoms with Crippen LogP contribution < -0.4 is 0 Å². The molecule has 0 spiro atoms. The lowest BCUT2D eigenvalue weighted by Gasteiger charge is -2.05. The van der Waals surface area contributed by atoms with Crippen LogP contribution in [0.5, 0.6) is 5.75 Å². The lowest BCUT2D eigenvalue weighted by atomic mass is 10.1. The van der Waals surface area contributed by atoms with Crippen molar-refractivity contribution in [3.63, 3.8) is 0 Å². The van der Waals surface area contributed by atoms with Crippen LogP contribution in [0.2, 0.25) is 0 Å².